The molecule has 3 heteroatoms. The Labute approximate surface area is 132 Å². The van der Waals surface area contributed by atoms with Crippen LogP contribution in [0.2, 0.25) is 0 Å². The summed E-state index contributed by atoms with van der Waals surface area (Å²) < 4.78 is 0. The van der Waals surface area contributed by atoms with Crippen LogP contribution in [0, 0.1) is 11.8 Å². The van der Waals surface area contributed by atoms with E-state index in [-0.39, 0.29) is 0 Å². The van der Waals surface area contributed by atoms with E-state index in [1.165, 1.54) is 77.9 Å². The highest BCUT2D eigenvalue weighted by Gasteiger charge is 2.27. The second-order valence-electron chi connectivity index (χ2n) is 7.60. The van der Waals surface area contributed by atoms with Gasteiger partial charge in [0.2, 0.25) is 0 Å². The Morgan fingerprint density at radius 3 is 2.33 bits per heavy atom. The van der Waals surface area contributed by atoms with E-state index in [0.717, 1.165) is 17.9 Å². The maximum atomic E-state index is 3.81. The molecule has 1 saturated carbocycles. The van der Waals surface area contributed by atoms with Crippen molar-refractivity contribution in [2.45, 2.75) is 58.9 Å². The van der Waals surface area contributed by atoms with Crippen molar-refractivity contribution in [3.8, 4) is 0 Å². The molecule has 0 amide bonds. The molecule has 0 bridgehead atoms. The van der Waals surface area contributed by atoms with Crippen LogP contribution in [0.5, 0.6) is 0 Å². The van der Waals surface area contributed by atoms with E-state index in [0.29, 0.717) is 0 Å². The van der Waals surface area contributed by atoms with Crippen LogP contribution in [0.1, 0.15) is 52.9 Å². The smallest absolute Gasteiger partial charge is 0.0110 e. The molecule has 3 nitrogen and oxygen atoms in total. The van der Waals surface area contributed by atoms with Crippen molar-refractivity contribution in [3.05, 3.63) is 0 Å². The maximum absolute atomic E-state index is 3.81. The van der Waals surface area contributed by atoms with E-state index in [1.54, 1.807) is 0 Å². The van der Waals surface area contributed by atoms with Crippen molar-refractivity contribution < 1.29 is 0 Å². The van der Waals surface area contributed by atoms with Crippen LogP contribution in [0.3, 0.4) is 0 Å². The molecule has 2 atom stereocenters. The Bertz CT molecular complexity index is 272. The SMILES string of the molecule is CCCNC1CCCCC1CN1CCN(CC(C)C)CC1. The largest absolute Gasteiger partial charge is 0.314 e. The van der Waals surface area contributed by atoms with Crippen LogP contribution < -0.4 is 5.32 Å². The average Bonchev–Trinajstić information content (AvgIpc) is 2.48. The van der Waals surface area contributed by atoms with E-state index >= 15 is 0 Å². The molecule has 2 unspecified atom stereocenters. The van der Waals surface area contributed by atoms with Crippen LogP contribution >= 0.6 is 0 Å². The first kappa shape index (κ1) is 17.2. The average molecular weight is 296 g/mol. The van der Waals surface area contributed by atoms with Gasteiger partial charge in [0.15, 0.2) is 0 Å². The molecule has 124 valence electrons. The van der Waals surface area contributed by atoms with E-state index < -0.39 is 0 Å². The zero-order valence-electron chi connectivity index (χ0n) is 14.6. The highest BCUT2D eigenvalue weighted by atomic mass is 15.3. The van der Waals surface area contributed by atoms with Gasteiger partial charge in [0.1, 0.15) is 0 Å². The molecule has 0 aromatic heterocycles. The quantitative estimate of drug-likeness (QED) is 0.779. The van der Waals surface area contributed by atoms with Crippen LogP contribution in [-0.4, -0.2) is 61.7 Å². The Balaban J connectivity index is 1.73. The highest BCUT2D eigenvalue weighted by Crippen LogP contribution is 2.25. The Morgan fingerprint density at radius 2 is 1.67 bits per heavy atom. The van der Waals surface area contributed by atoms with Gasteiger partial charge in [-0.05, 0) is 37.6 Å². The number of hydrogen-bond donors (Lipinski definition) is 1. The van der Waals surface area contributed by atoms with Gasteiger partial charge in [-0.3, -0.25) is 0 Å². The van der Waals surface area contributed by atoms with Gasteiger partial charge in [0.25, 0.3) is 0 Å². The van der Waals surface area contributed by atoms with E-state index in [1.807, 2.05) is 0 Å². The predicted octanol–water partition coefficient (Wildman–Crippen LogP) is 2.82. The van der Waals surface area contributed by atoms with E-state index in [9.17, 15) is 0 Å². The van der Waals surface area contributed by atoms with Crippen molar-refractivity contribution in [3.63, 3.8) is 0 Å². The third-order valence-corrected chi connectivity index (χ3v) is 5.15. The second-order valence-corrected chi connectivity index (χ2v) is 7.60. The van der Waals surface area contributed by atoms with Crippen LogP contribution in [0.25, 0.3) is 0 Å². The van der Waals surface area contributed by atoms with Gasteiger partial charge in [0, 0.05) is 45.3 Å². The van der Waals surface area contributed by atoms with Crippen molar-refractivity contribution in [1.29, 1.82) is 0 Å². The Kier molecular flexibility index (Phi) is 7.48. The maximum Gasteiger partial charge on any atom is 0.0110 e. The molecule has 0 aromatic carbocycles. The number of piperazine rings is 1. The summed E-state index contributed by atoms with van der Waals surface area (Å²) in [7, 11) is 0. The van der Waals surface area contributed by atoms with Crippen molar-refractivity contribution in [2.24, 2.45) is 11.8 Å². The monoisotopic (exact) mass is 295 g/mol. The molecule has 1 heterocycles. The van der Waals surface area contributed by atoms with Gasteiger partial charge in [-0.2, -0.15) is 0 Å². The van der Waals surface area contributed by atoms with Crippen molar-refractivity contribution >= 4 is 0 Å². The first-order valence-corrected chi connectivity index (χ1v) is 9.37. The summed E-state index contributed by atoms with van der Waals surface area (Å²) in [5, 5.41) is 3.81. The molecule has 2 aliphatic rings. The number of nitrogens with one attached hydrogen (secondary N) is 1. The van der Waals surface area contributed by atoms with Gasteiger partial charge >= 0.3 is 0 Å². The summed E-state index contributed by atoms with van der Waals surface area (Å²) in [6.45, 7) is 15.9. The number of nitrogens with zero attached hydrogens (tertiary/aromatic N) is 2. The van der Waals surface area contributed by atoms with Crippen LogP contribution in [0.15, 0.2) is 0 Å². The minimum absolute atomic E-state index is 0.785. The zero-order valence-corrected chi connectivity index (χ0v) is 14.6. The summed E-state index contributed by atoms with van der Waals surface area (Å²) in [5.74, 6) is 1.69. The third-order valence-electron chi connectivity index (χ3n) is 5.15. The van der Waals surface area contributed by atoms with Crippen molar-refractivity contribution in [2.75, 3.05) is 45.8 Å². The van der Waals surface area contributed by atoms with Crippen molar-refractivity contribution in [1.82, 2.24) is 15.1 Å². The van der Waals surface area contributed by atoms with Gasteiger partial charge in [-0.15, -0.1) is 0 Å². The molecule has 1 N–H and O–H groups in total. The minimum Gasteiger partial charge on any atom is -0.314 e. The lowest BCUT2D eigenvalue weighted by Gasteiger charge is -2.40. The van der Waals surface area contributed by atoms with E-state index in [4.69, 9.17) is 0 Å². The minimum atomic E-state index is 0.785. The predicted molar refractivity (Wildman–Crippen MR) is 91.8 cm³/mol. The third kappa shape index (κ3) is 5.88. The van der Waals surface area contributed by atoms with Gasteiger partial charge in [-0.25, -0.2) is 0 Å². The van der Waals surface area contributed by atoms with E-state index in [2.05, 4.69) is 35.9 Å². The summed E-state index contributed by atoms with van der Waals surface area (Å²) in [4.78, 5) is 5.38. The van der Waals surface area contributed by atoms with Crippen LogP contribution in [-0.2, 0) is 0 Å². The Morgan fingerprint density at radius 1 is 1.00 bits per heavy atom. The van der Waals surface area contributed by atoms with Crippen LogP contribution in [0.4, 0.5) is 0 Å². The molecule has 1 aliphatic heterocycles. The number of rotatable bonds is 7. The van der Waals surface area contributed by atoms with Gasteiger partial charge in [0.05, 0.1) is 0 Å². The van der Waals surface area contributed by atoms with Gasteiger partial charge < -0.3 is 15.1 Å². The summed E-state index contributed by atoms with van der Waals surface area (Å²) in [5.41, 5.74) is 0. The molecule has 0 spiro atoms. The first-order chi connectivity index (χ1) is 10.2. The molecule has 0 aromatic rings. The standard InChI is InChI=1S/C18H37N3/c1-4-9-19-18-8-6-5-7-17(18)15-21-12-10-20(11-13-21)14-16(2)3/h16-19H,4-15H2,1-3H3. The molecule has 21 heavy (non-hydrogen) atoms. The fraction of sp³-hybridized carbons (Fsp3) is 1.00. The number of hydrogen-bond acceptors (Lipinski definition) is 3. The normalized spacial score (nSPS) is 29.1. The summed E-state index contributed by atoms with van der Waals surface area (Å²) in [6, 6.07) is 0.785. The highest BCUT2D eigenvalue weighted by molar-refractivity contribution is 4.84. The molecular weight excluding hydrogens is 258 g/mol. The topological polar surface area (TPSA) is 18.5 Å². The lowest BCUT2D eigenvalue weighted by molar-refractivity contribution is 0.0930. The second kappa shape index (κ2) is 9.12. The van der Waals surface area contributed by atoms with Gasteiger partial charge in [-0.1, -0.05) is 33.6 Å². The fourth-order valence-electron chi connectivity index (χ4n) is 4.03. The Hall–Kier alpha value is -0.120. The molecule has 1 saturated heterocycles. The molecule has 2 fully saturated rings. The molecule has 1 aliphatic carbocycles. The summed E-state index contributed by atoms with van der Waals surface area (Å²) in [6.07, 6.45) is 6.98. The molecule has 0 radical (unpaired) electrons. The molecular formula is C18H37N3. The zero-order chi connectivity index (χ0) is 15.1. The molecule has 2 rings (SSSR count). The lowest BCUT2D eigenvalue weighted by Crippen LogP contribution is -2.51. The fourth-order valence-corrected chi connectivity index (χ4v) is 4.03. The first-order valence-electron chi connectivity index (χ1n) is 9.37. The lowest BCUT2D eigenvalue weighted by atomic mass is 9.84. The summed E-state index contributed by atoms with van der Waals surface area (Å²) >= 11 is 0.